The van der Waals surface area contributed by atoms with Crippen LogP contribution in [0.2, 0.25) is 0 Å². The van der Waals surface area contributed by atoms with Gasteiger partial charge in [0.25, 0.3) is 5.69 Å². The zero-order valence-electron chi connectivity index (χ0n) is 20.8. The molecule has 3 aromatic rings. The van der Waals surface area contributed by atoms with Crippen LogP contribution in [0.15, 0.2) is 75.4 Å². The van der Waals surface area contributed by atoms with Crippen LogP contribution in [-0.2, 0) is 0 Å². The van der Waals surface area contributed by atoms with E-state index in [1.54, 1.807) is 31.0 Å². The zero-order chi connectivity index (χ0) is 25.2. The van der Waals surface area contributed by atoms with Gasteiger partial charge in [-0.1, -0.05) is 18.7 Å². The van der Waals surface area contributed by atoms with Gasteiger partial charge in [-0.15, -0.1) is 0 Å². The first kappa shape index (κ1) is 24.8. The Balaban J connectivity index is 1.53. The van der Waals surface area contributed by atoms with Crippen molar-refractivity contribution >= 4 is 35.0 Å². The fourth-order valence-corrected chi connectivity index (χ4v) is 5.74. The molecule has 0 bridgehead atoms. The number of ether oxygens (including phenoxy) is 1. The summed E-state index contributed by atoms with van der Waals surface area (Å²) < 4.78 is 5.74. The van der Waals surface area contributed by atoms with Crippen molar-refractivity contribution in [3.8, 4) is 5.75 Å². The quantitative estimate of drug-likeness (QED) is 0.194. The number of non-ortho nitro benzene ring substituents is 1. The van der Waals surface area contributed by atoms with Crippen LogP contribution < -0.4 is 9.64 Å². The van der Waals surface area contributed by atoms with Gasteiger partial charge in [0.05, 0.1) is 17.7 Å². The van der Waals surface area contributed by atoms with Gasteiger partial charge in [-0.2, -0.15) is 0 Å². The molecule has 0 N–H and O–H groups in total. The van der Waals surface area contributed by atoms with Crippen LogP contribution in [0.4, 0.5) is 17.1 Å². The zero-order valence-corrected chi connectivity index (χ0v) is 21.6. The molecule has 182 valence electrons. The predicted octanol–water partition coefficient (Wildman–Crippen LogP) is 7.62. The van der Waals surface area contributed by atoms with E-state index in [1.807, 2.05) is 30.5 Å². The molecule has 6 nitrogen and oxygen atoms in total. The molecule has 0 fully saturated rings. The first-order chi connectivity index (χ1) is 16.7. The van der Waals surface area contributed by atoms with Crippen molar-refractivity contribution in [3.63, 3.8) is 0 Å². The fourth-order valence-electron chi connectivity index (χ4n) is 4.92. The van der Waals surface area contributed by atoms with Crippen molar-refractivity contribution in [1.29, 1.82) is 0 Å². The number of fused-ring (bicyclic) bond motifs is 1. The maximum Gasteiger partial charge on any atom is 0.269 e. The topological polar surface area (TPSA) is 68.0 Å². The predicted molar refractivity (Wildman–Crippen MR) is 144 cm³/mol. The molecule has 1 unspecified atom stereocenters. The molecule has 7 heteroatoms. The minimum Gasteiger partial charge on any atom is -0.496 e. The number of hydrogen-bond acceptors (Lipinski definition) is 6. The average molecular weight is 490 g/mol. The highest BCUT2D eigenvalue weighted by atomic mass is 32.2. The number of nitro groups is 1. The molecule has 0 radical (unpaired) electrons. The van der Waals surface area contributed by atoms with Crippen molar-refractivity contribution in [3.05, 3.63) is 81.9 Å². The fraction of sp³-hybridized carbons (Fsp3) is 0.321. The Labute approximate surface area is 211 Å². The summed E-state index contributed by atoms with van der Waals surface area (Å²) in [4.78, 5) is 19.6. The third-order valence-corrected chi connectivity index (χ3v) is 7.54. The van der Waals surface area contributed by atoms with Crippen LogP contribution in [0.25, 0.3) is 0 Å². The molecule has 0 aliphatic carbocycles. The molecule has 0 saturated heterocycles. The minimum atomic E-state index is -0.389. The molecule has 1 aliphatic rings. The highest BCUT2D eigenvalue weighted by molar-refractivity contribution is 7.99. The summed E-state index contributed by atoms with van der Waals surface area (Å²) in [6.45, 7) is 10.1. The lowest BCUT2D eigenvalue weighted by atomic mass is 9.79. The second kappa shape index (κ2) is 10.1. The molecule has 3 aromatic carbocycles. The van der Waals surface area contributed by atoms with E-state index in [9.17, 15) is 10.1 Å². The third kappa shape index (κ3) is 5.35. The molecule has 0 amide bonds. The number of rotatable bonds is 7. The largest absolute Gasteiger partial charge is 0.496 e. The Kier molecular flexibility index (Phi) is 7.17. The van der Waals surface area contributed by atoms with E-state index in [2.05, 4.69) is 44.7 Å². The molecule has 0 saturated carbocycles. The first-order valence-electron chi connectivity index (χ1n) is 11.8. The molecule has 1 heterocycles. The summed E-state index contributed by atoms with van der Waals surface area (Å²) in [5, 5.41) is 10.8. The Morgan fingerprint density at radius 1 is 1.14 bits per heavy atom. The van der Waals surface area contributed by atoms with Crippen molar-refractivity contribution in [2.75, 3.05) is 18.6 Å². The molecule has 0 spiro atoms. The number of aliphatic imine (C=N–C) groups is 1. The summed E-state index contributed by atoms with van der Waals surface area (Å²) in [6.07, 6.45) is 2.98. The summed E-state index contributed by atoms with van der Waals surface area (Å²) >= 11 is 1.56. The van der Waals surface area contributed by atoms with Gasteiger partial charge in [-0.25, -0.2) is 0 Å². The highest BCUT2D eigenvalue weighted by Crippen LogP contribution is 2.45. The second-order valence-electron chi connectivity index (χ2n) is 9.42. The first-order valence-corrected chi connectivity index (χ1v) is 12.6. The Morgan fingerprint density at radius 3 is 2.34 bits per heavy atom. The normalized spacial score (nSPS) is 16.8. The summed E-state index contributed by atoms with van der Waals surface area (Å²) in [5.41, 5.74) is 4.61. The molecule has 1 atom stereocenters. The number of benzene rings is 3. The van der Waals surface area contributed by atoms with Gasteiger partial charge in [-0.3, -0.25) is 15.1 Å². The van der Waals surface area contributed by atoms with Crippen LogP contribution >= 0.6 is 11.8 Å². The van der Waals surface area contributed by atoms with Gasteiger partial charge >= 0.3 is 0 Å². The maximum absolute atomic E-state index is 10.8. The molecular formula is C28H31N3O3S. The van der Waals surface area contributed by atoms with Gasteiger partial charge in [0.1, 0.15) is 5.75 Å². The number of methoxy groups -OCH3 is 1. The number of nitrogens with zero attached hydrogens (tertiary/aromatic N) is 3. The van der Waals surface area contributed by atoms with Gasteiger partial charge < -0.3 is 9.64 Å². The van der Waals surface area contributed by atoms with Gasteiger partial charge in [0.2, 0.25) is 0 Å². The lowest BCUT2D eigenvalue weighted by Crippen LogP contribution is -2.48. The van der Waals surface area contributed by atoms with Crippen molar-refractivity contribution in [2.24, 2.45) is 4.99 Å². The number of hydrogen-bond donors (Lipinski definition) is 0. The summed E-state index contributed by atoms with van der Waals surface area (Å²) in [6, 6.07) is 18.9. The molecule has 0 aromatic heterocycles. The standard InChI is InChI=1S/C28H31N3O3S/c1-6-30-26-16-27(34-5)20(15-25(26)19(2)17-28(30,3)4)18-29-21-7-11-23(12-8-21)35-24-13-9-22(10-14-24)31(32)33/h7-16,18-19H,6,17H2,1-5H3. The minimum absolute atomic E-state index is 0.0946. The van der Waals surface area contributed by atoms with Gasteiger partial charge in [-0.05, 0) is 81.1 Å². The SMILES string of the molecule is CCN1c2cc(OC)c(C=Nc3ccc(Sc4ccc([N+](=O)[O-])cc4)cc3)cc2C(C)CC1(C)C. The van der Waals surface area contributed by atoms with Crippen LogP contribution in [0.1, 0.15) is 51.2 Å². The van der Waals surface area contributed by atoms with E-state index in [0.717, 1.165) is 39.8 Å². The smallest absolute Gasteiger partial charge is 0.269 e. The average Bonchev–Trinajstić information content (AvgIpc) is 2.83. The lowest BCUT2D eigenvalue weighted by molar-refractivity contribution is -0.384. The Morgan fingerprint density at radius 2 is 1.77 bits per heavy atom. The molecule has 35 heavy (non-hydrogen) atoms. The third-order valence-electron chi connectivity index (χ3n) is 6.53. The molecule has 1 aliphatic heterocycles. The van der Waals surface area contributed by atoms with Gasteiger partial charge in [0, 0.05) is 57.5 Å². The van der Waals surface area contributed by atoms with E-state index in [0.29, 0.717) is 5.92 Å². The van der Waals surface area contributed by atoms with E-state index in [1.165, 1.54) is 23.4 Å². The van der Waals surface area contributed by atoms with Crippen molar-refractivity contribution < 1.29 is 9.66 Å². The van der Waals surface area contributed by atoms with E-state index in [-0.39, 0.29) is 16.1 Å². The van der Waals surface area contributed by atoms with E-state index >= 15 is 0 Å². The van der Waals surface area contributed by atoms with Crippen LogP contribution in [0, 0.1) is 10.1 Å². The highest BCUT2D eigenvalue weighted by Gasteiger charge is 2.36. The van der Waals surface area contributed by atoms with Crippen LogP contribution in [-0.4, -0.2) is 30.3 Å². The molecular weight excluding hydrogens is 458 g/mol. The van der Waals surface area contributed by atoms with Gasteiger partial charge in [0.15, 0.2) is 0 Å². The number of anilines is 1. The molecule has 4 rings (SSSR count). The second-order valence-corrected chi connectivity index (χ2v) is 10.6. The summed E-state index contributed by atoms with van der Waals surface area (Å²) in [7, 11) is 1.71. The van der Waals surface area contributed by atoms with Crippen molar-refractivity contribution in [2.45, 2.75) is 55.4 Å². The lowest BCUT2D eigenvalue weighted by Gasteiger charge is -2.47. The van der Waals surface area contributed by atoms with E-state index < -0.39 is 0 Å². The monoisotopic (exact) mass is 489 g/mol. The Hall–Kier alpha value is -3.32. The summed E-state index contributed by atoms with van der Waals surface area (Å²) in [5.74, 6) is 1.28. The van der Waals surface area contributed by atoms with E-state index in [4.69, 9.17) is 9.73 Å². The van der Waals surface area contributed by atoms with Crippen LogP contribution in [0.3, 0.4) is 0 Å². The maximum atomic E-state index is 10.8. The Bertz CT molecular complexity index is 1240. The van der Waals surface area contributed by atoms with Crippen molar-refractivity contribution in [1.82, 2.24) is 0 Å². The number of nitro benzene ring substituents is 1. The van der Waals surface area contributed by atoms with Crippen LogP contribution in [0.5, 0.6) is 5.75 Å².